The summed E-state index contributed by atoms with van der Waals surface area (Å²) in [5.41, 5.74) is 1.94. The lowest BCUT2D eigenvalue weighted by Crippen LogP contribution is -2.43. The van der Waals surface area contributed by atoms with Gasteiger partial charge in [-0.05, 0) is 57.2 Å². The van der Waals surface area contributed by atoms with Gasteiger partial charge in [0.1, 0.15) is 5.60 Å². The first-order valence-electron chi connectivity index (χ1n) is 7.59. The number of ether oxygens (including phenoxy) is 1. The Hall–Kier alpha value is -1.68. The summed E-state index contributed by atoms with van der Waals surface area (Å²) < 4.78 is 7.58. The summed E-state index contributed by atoms with van der Waals surface area (Å²) in [5.74, 6) is 0. The van der Waals surface area contributed by atoms with E-state index in [1.165, 1.54) is 11.1 Å². The molecule has 22 heavy (non-hydrogen) atoms. The topological polar surface area (TPSA) is 43.3 Å². The van der Waals surface area contributed by atoms with Crippen LogP contribution in [0.25, 0.3) is 10.9 Å². The van der Waals surface area contributed by atoms with Crippen LogP contribution in [0.15, 0.2) is 24.3 Å². The molecular weight excluding hydrogens is 300 g/mol. The summed E-state index contributed by atoms with van der Waals surface area (Å²) in [4.78, 5) is 11.9. The van der Waals surface area contributed by atoms with Crippen molar-refractivity contribution < 1.29 is 9.53 Å². The van der Waals surface area contributed by atoms with Crippen molar-refractivity contribution in [2.24, 2.45) is 0 Å². The Morgan fingerprint density at radius 1 is 1.36 bits per heavy atom. The molecule has 1 aromatic heterocycles. The van der Waals surface area contributed by atoms with Crippen LogP contribution in [0.4, 0.5) is 4.79 Å². The summed E-state index contributed by atoms with van der Waals surface area (Å²) in [5, 5.41) is 4.89. The van der Waals surface area contributed by atoms with E-state index in [9.17, 15) is 4.79 Å². The molecule has 0 spiro atoms. The summed E-state index contributed by atoms with van der Waals surface area (Å²) in [6.07, 6.45) is 1.51. The first-order chi connectivity index (χ1) is 10.3. The van der Waals surface area contributed by atoms with Crippen LogP contribution in [0, 0.1) is 0 Å². The molecule has 0 aliphatic carbocycles. The van der Waals surface area contributed by atoms with E-state index in [1.54, 1.807) is 0 Å². The first-order valence-corrected chi connectivity index (χ1v) is 7.97. The van der Waals surface area contributed by atoms with Crippen molar-refractivity contribution in [2.75, 3.05) is 0 Å². The Kier molecular flexibility index (Phi) is 3.81. The highest BCUT2D eigenvalue weighted by Crippen LogP contribution is 2.27. The number of nitrogens with one attached hydrogen (secondary N) is 1. The number of carbonyl (C=O) groups is 1. The molecule has 2 aromatic rings. The van der Waals surface area contributed by atoms with Crippen LogP contribution in [0.2, 0.25) is 5.02 Å². The van der Waals surface area contributed by atoms with Gasteiger partial charge in [-0.2, -0.15) is 0 Å². The fraction of sp³-hybridized carbons (Fsp3) is 0.471. The van der Waals surface area contributed by atoms with E-state index in [0.29, 0.717) is 0 Å². The normalized spacial score (nSPS) is 18.1. The van der Waals surface area contributed by atoms with Crippen LogP contribution in [0.5, 0.6) is 0 Å². The van der Waals surface area contributed by atoms with Crippen molar-refractivity contribution in [3.05, 3.63) is 35.0 Å². The maximum Gasteiger partial charge on any atom is 0.407 e. The molecule has 118 valence electrons. The molecular formula is C17H21ClN2O2. The van der Waals surface area contributed by atoms with Crippen LogP contribution in [0.1, 0.15) is 32.9 Å². The summed E-state index contributed by atoms with van der Waals surface area (Å²) in [6.45, 7) is 6.35. The molecule has 0 radical (unpaired) electrons. The largest absolute Gasteiger partial charge is 0.444 e. The number of nitrogens with zero attached hydrogens (tertiary/aromatic N) is 1. The van der Waals surface area contributed by atoms with Crippen molar-refractivity contribution in [3.8, 4) is 0 Å². The van der Waals surface area contributed by atoms with Crippen LogP contribution >= 0.6 is 11.6 Å². The van der Waals surface area contributed by atoms with Crippen molar-refractivity contribution in [1.82, 2.24) is 9.88 Å². The van der Waals surface area contributed by atoms with E-state index >= 15 is 0 Å². The number of fused-ring (bicyclic) bond motifs is 3. The maximum atomic E-state index is 11.9. The third-order valence-electron chi connectivity index (χ3n) is 3.82. The van der Waals surface area contributed by atoms with Gasteiger partial charge in [0.05, 0.1) is 6.04 Å². The number of benzene rings is 1. The number of hydrogen-bond acceptors (Lipinski definition) is 2. The molecule has 1 unspecified atom stereocenters. The highest BCUT2D eigenvalue weighted by molar-refractivity contribution is 6.31. The lowest BCUT2D eigenvalue weighted by molar-refractivity contribution is 0.0493. The standard InChI is InChI=1S/C17H21ClN2O2/c1-17(2,3)22-16(21)19-13-6-7-14-8-11-4-5-12(18)9-15(11)20(14)10-13/h4-5,8-9,13H,6-7,10H2,1-3H3,(H,19,21). The zero-order chi connectivity index (χ0) is 15.9. The Bertz CT molecular complexity index is 715. The maximum absolute atomic E-state index is 11.9. The van der Waals surface area contributed by atoms with Gasteiger partial charge in [-0.3, -0.25) is 0 Å². The van der Waals surface area contributed by atoms with E-state index in [-0.39, 0.29) is 12.1 Å². The zero-order valence-electron chi connectivity index (χ0n) is 13.1. The fourth-order valence-electron chi connectivity index (χ4n) is 2.93. The molecule has 1 aliphatic heterocycles. The van der Waals surface area contributed by atoms with Crippen LogP contribution < -0.4 is 5.32 Å². The third-order valence-corrected chi connectivity index (χ3v) is 4.06. The van der Waals surface area contributed by atoms with E-state index in [4.69, 9.17) is 16.3 Å². The minimum atomic E-state index is -0.475. The van der Waals surface area contributed by atoms with Gasteiger partial charge in [-0.25, -0.2) is 4.79 Å². The second-order valence-corrected chi connectivity index (χ2v) is 7.27. The van der Waals surface area contributed by atoms with Crippen molar-refractivity contribution in [2.45, 2.75) is 51.8 Å². The number of carbonyl (C=O) groups excluding carboxylic acids is 1. The third kappa shape index (κ3) is 3.22. The molecule has 1 amide bonds. The highest BCUT2D eigenvalue weighted by atomic mass is 35.5. The average Bonchev–Trinajstić information content (AvgIpc) is 2.74. The fourth-order valence-corrected chi connectivity index (χ4v) is 3.10. The van der Waals surface area contributed by atoms with Gasteiger partial charge in [0, 0.05) is 22.8 Å². The molecule has 0 saturated heterocycles. The van der Waals surface area contributed by atoms with Crippen LogP contribution in [-0.2, 0) is 17.7 Å². The number of hydrogen-bond donors (Lipinski definition) is 1. The van der Waals surface area contributed by atoms with Gasteiger partial charge < -0.3 is 14.6 Å². The Morgan fingerprint density at radius 3 is 2.86 bits per heavy atom. The monoisotopic (exact) mass is 320 g/mol. The van der Waals surface area contributed by atoms with Gasteiger partial charge in [0.2, 0.25) is 0 Å². The molecule has 0 saturated carbocycles. The first kappa shape index (κ1) is 15.2. The van der Waals surface area contributed by atoms with Crippen molar-refractivity contribution >= 4 is 28.6 Å². The molecule has 0 bridgehead atoms. The summed E-state index contributed by atoms with van der Waals surface area (Å²) >= 11 is 6.11. The number of halogens is 1. The van der Waals surface area contributed by atoms with Gasteiger partial charge in [-0.15, -0.1) is 0 Å². The number of alkyl carbamates (subject to hydrolysis) is 1. The van der Waals surface area contributed by atoms with Crippen LogP contribution in [0.3, 0.4) is 0 Å². The number of amides is 1. The number of rotatable bonds is 1. The van der Waals surface area contributed by atoms with Gasteiger partial charge in [0.15, 0.2) is 0 Å². The van der Waals surface area contributed by atoms with E-state index in [2.05, 4.69) is 16.0 Å². The highest BCUT2D eigenvalue weighted by Gasteiger charge is 2.24. The molecule has 1 N–H and O–H groups in total. The second-order valence-electron chi connectivity index (χ2n) is 6.83. The minimum absolute atomic E-state index is 0.0805. The Labute approximate surface area is 135 Å². The lowest BCUT2D eigenvalue weighted by Gasteiger charge is -2.28. The van der Waals surface area contributed by atoms with Crippen molar-refractivity contribution in [1.29, 1.82) is 0 Å². The lowest BCUT2D eigenvalue weighted by atomic mass is 10.1. The number of aryl methyl sites for hydroxylation is 1. The van der Waals surface area contributed by atoms with E-state index < -0.39 is 5.60 Å². The molecule has 3 rings (SSSR count). The second kappa shape index (κ2) is 5.51. The smallest absolute Gasteiger partial charge is 0.407 e. The van der Waals surface area contributed by atoms with Gasteiger partial charge >= 0.3 is 6.09 Å². The molecule has 1 aromatic carbocycles. The molecule has 1 aliphatic rings. The number of aromatic nitrogens is 1. The predicted octanol–water partition coefficient (Wildman–Crippen LogP) is 4.13. The molecule has 0 fully saturated rings. The summed E-state index contributed by atoms with van der Waals surface area (Å²) in [7, 11) is 0. The van der Waals surface area contributed by atoms with Gasteiger partial charge in [0.25, 0.3) is 0 Å². The quantitative estimate of drug-likeness (QED) is 0.858. The predicted molar refractivity (Wildman–Crippen MR) is 88.4 cm³/mol. The Morgan fingerprint density at radius 2 is 2.14 bits per heavy atom. The average molecular weight is 321 g/mol. The molecule has 1 atom stereocenters. The molecule has 2 heterocycles. The van der Waals surface area contributed by atoms with Crippen LogP contribution in [-0.4, -0.2) is 22.3 Å². The molecule has 4 nitrogen and oxygen atoms in total. The van der Waals surface area contributed by atoms with Crippen molar-refractivity contribution in [3.63, 3.8) is 0 Å². The van der Waals surface area contributed by atoms with E-state index in [1.807, 2.05) is 39.0 Å². The molecule has 5 heteroatoms. The van der Waals surface area contributed by atoms with E-state index in [0.717, 1.165) is 29.9 Å². The Balaban J connectivity index is 1.77. The summed E-state index contributed by atoms with van der Waals surface area (Å²) in [6, 6.07) is 8.22. The SMILES string of the molecule is CC(C)(C)OC(=O)NC1CCc2cc3ccc(Cl)cc3n2C1. The zero-order valence-corrected chi connectivity index (χ0v) is 13.9. The van der Waals surface area contributed by atoms with Gasteiger partial charge in [-0.1, -0.05) is 17.7 Å². The minimum Gasteiger partial charge on any atom is -0.444 e.